The van der Waals surface area contributed by atoms with Crippen molar-refractivity contribution in [2.45, 2.75) is 25.9 Å². The number of nitrogens with two attached hydrogens (primary N) is 1. The van der Waals surface area contributed by atoms with Crippen LogP contribution in [0.25, 0.3) is 11.1 Å². The van der Waals surface area contributed by atoms with Crippen LogP contribution < -0.4 is 15.4 Å². The summed E-state index contributed by atoms with van der Waals surface area (Å²) in [6, 6.07) is 4.78. The summed E-state index contributed by atoms with van der Waals surface area (Å²) in [5.41, 5.74) is 8.35. The number of benzene rings is 1. The number of ether oxygens (including phenoxy) is 1. The number of rotatable bonds is 1. The van der Waals surface area contributed by atoms with Crippen LogP contribution >= 0.6 is 0 Å². The van der Waals surface area contributed by atoms with E-state index in [9.17, 15) is 9.18 Å². The molecule has 5 nitrogen and oxygen atoms in total. The smallest absolute Gasteiger partial charge is 0.227 e. The Morgan fingerprint density at radius 3 is 2.91 bits per heavy atom. The normalized spacial score (nSPS) is 19.3. The lowest BCUT2D eigenvalue weighted by Crippen LogP contribution is -2.25. The van der Waals surface area contributed by atoms with Crippen LogP contribution in [0.5, 0.6) is 5.75 Å². The first-order valence-electron chi connectivity index (χ1n) is 7.61. The van der Waals surface area contributed by atoms with E-state index in [4.69, 9.17) is 10.5 Å². The van der Waals surface area contributed by atoms with Crippen LogP contribution in [-0.2, 0) is 4.79 Å². The molecule has 2 aliphatic heterocycles. The molecular formula is C17H16FN3O2. The van der Waals surface area contributed by atoms with Crippen LogP contribution in [0, 0.1) is 5.82 Å². The fourth-order valence-electron chi connectivity index (χ4n) is 3.26. The number of anilines is 2. The molecule has 1 aromatic heterocycles. The van der Waals surface area contributed by atoms with E-state index in [2.05, 4.69) is 4.98 Å². The van der Waals surface area contributed by atoms with Gasteiger partial charge in [0.05, 0.1) is 5.69 Å². The summed E-state index contributed by atoms with van der Waals surface area (Å²) in [7, 11) is 0. The topological polar surface area (TPSA) is 68.5 Å². The molecular weight excluding hydrogens is 297 g/mol. The van der Waals surface area contributed by atoms with E-state index in [1.165, 1.54) is 11.0 Å². The Balaban J connectivity index is 1.86. The van der Waals surface area contributed by atoms with E-state index in [1.54, 1.807) is 18.3 Å². The van der Waals surface area contributed by atoms with Gasteiger partial charge < -0.3 is 15.4 Å². The first-order chi connectivity index (χ1) is 11.0. The van der Waals surface area contributed by atoms with Crippen LogP contribution in [-0.4, -0.2) is 17.4 Å². The number of fused-ring (bicyclic) bond motifs is 3. The number of carbonyl (C=O) groups excluding carboxylic acids is 1. The first-order valence-corrected chi connectivity index (χ1v) is 7.61. The molecule has 1 atom stereocenters. The number of nitrogen functional groups attached to an aromatic ring is 1. The maximum Gasteiger partial charge on any atom is 0.227 e. The molecule has 0 saturated carbocycles. The molecule has 118 valence electrons. The molecule has 2 aliphatic rings. The molecule has 1 amide bonds. The minimum absolute atomic E-state index is 0.0532. The Morgan fingerprint density at radius 1 is 1.35 bits per heavy atom. The molecule has 1 unspecified atom stereocenters. The second-order valence-electron chi connectivity index (χ2n) is 5.91. The maximum absolute atomic E-state index is 14.6. The van der Waals surface area contributed by atoms with Crippen LogP contribution in [0.1, 0.15) is 31.4 Å². The van der Waals surface area contributed by atoms with Crippen molar-refractivity contribution in [1.29, 1.82) is 0 Å². The Labute approximate surface area is 132 Å². The predicted octanol–water partition coefficient (Wildman–Crippen LogP) is 3.05. The second kappa shape index (κ2) is 4.94. The van der Waals surface area contributed by atoms with E-state index in [0.29, 0.717) is 30.1 Å². The summed E-state index contributed by atoms with van der Waals surface area (Å²) < 4.78 is 20.5. The summed E-state index contributed by atoms with van der Waals surface area (Å²) >= 11 is 0. The van der Waals surface area contributed by atoms with E-state index in [0.717, 1.165) is 17.5 Å². The van der Waals surface area contributed by atoms with Crippen molar-refractivity contribution in [3.8, 4) is 16.9 Å². The van der Waals surface area contributed by atoms with Crippen molar-refractivity contribution in [2.24, 2.45) is 0 Å². The summed E-state index contributed by atoms with van der Waals surface area (Å²) in [4.78, 5) is 17.5. The summed E-state index contributed by atoms with van der Waals surface area (Å²) in [5, 5.41) is 0. The van der Waals surface area contributed by atoms with E-state index in [1.807, 2.05) is 6.92 Å². The van der Waals surface area contributed by atoms with Gasteiger partial charge in [-0.1, -0.05) is 0 Å². The largest absolute Gasteiger partial charge is 0.485 e. The Hall–Kier alpha value is -2.63. The van der Waals surface area contributed by atoms with Crippen molar-refractivity contribution in [3.63, 3.8) is 0 Å². The van der Waals surface area contributed by atoms with Gasteiger partial charge in [-0.15, -0.1) is 0 Å². The van der Waals surface area contributed by atoms with Gasteiger partial charge in [-0.05, 0) is 25.5 Å². The fraction of sp³-hybridized carbons (Fsp3) is 0.294. The Bertz CT molecular complexity index is 822. The number of hydrogen-bond donors (Lipinski definition) is 1. The molecule has 0 aliphatic carbocycles. The second-order valence-corrected chi connectivity index (χ2v) is 5.91. The molecule has 0 radical (unpaired) electrons. The minimum atomic E-state index is -0.431. The zero-order valence-corrected chi connectivity index (χ0v) is 12.7. The molecule has 1 aromatic carbocycles. The van der Waals surface area contributed by atoms with Gasteiger partial charge in [-0.25, -0.2) is 9.37 Å². The predicted molar refractivity (Wildman–Crippen MR) is 84.7 cm³/mol. The van der Waals surface area contributed by atoms with Gasteiger partial charge >= 0.3 is 0 Å². The van der Waals surface area contributed by atoms with Gasteiger partial charge in [0.2, 0.25) is 5.91 Å². The standard InChI is InChI=1S/C17H16FN3O2/c1-9-10-6-16(19)20-8-12(10)11-5-13(18)14(7-15(11)23-9)21-4-2-3-17(21)22/h5-9H,2-4H2,1H3,(H2,19,20). The van der Waals surface area contributed by atoms with E-state index in [-0.39, 0.29) is 17.7 Å². The zero-order chi connectivity index (χ0) is 16.1. The number of aromatic nitrogens is 1. The SMILES string of the molecule is CC1Oc2cc(N3CCCC3=O)c(F)cc2-c2cnc(N)cc21. The lowest BCUT2D eigenvalue weighted by Gasteiger charge is -2.28. The van der Waals surface area contributed by atoms with Crippen molar-refractivity contribution in [1.82, 2.24) is 4.98 Å². The highest BCUT2D eigenvalue weighted by molar-refractivity contribution is 5.96. The zero-order valence-electron chi connectivity index (χ0n) is 12.7. The van der Waals surface area contributed by atoms with Gasteiger partial charge in [0.25, 0.3) is 0 Å². The number of hydrogen-bond acceptors (Lipinski definition) is 4. The van der Waals surface area contributed by atoms with E-state index >= 15 is 0 Å². The Kier molecular flexibility index (Phi) is 3.01. The summed E-state index contributed by atoms with van der Waals surface area (Å²) in [5.74, 6) is 0.484. The molecule has 0 bridgehead atoms. The molecule has 23 heavy (non-hydrogen) atoms. The van der Waals surface area contributed by atoms with Crippen molar-refractivity contribution in [3.05, 3.63) is 35.8 Å². The van der Waals surface area contributed by atoms with Gasteiger partial charge in [0.1, 0.15) is 23.5 Å². The molecule has 0 spiro atoms. The third kappa shape index (κ3) is 2.13. The maximum atomic E-state index is 14.6. The lowest BCUT2D eigenvalue weighted by atomic mass is 9.94. The minimum Gasteiger partial charge on any atom is -0.485 e. The van der Waals surface area contributed by atoms with Crippen LogP contribution in [0.2, 0.25) is 0 Å². The molecule has 1 saturated heterocycles. The molecule has 6 heteroatoms. The van der Waals surface area contributed by atoms with Crippen LogP contribution in [0.15, 0.2) is 24.4 Å². The van der Waals surface area contributed by atoms with E-state index < -0.39 is 5.82 Å². The number of carbonyl (C=O) groups is 1. The number of pyridine rings is 1. The Morgan fingerprint density at radius 2 is 2.17 bits per heavy atom. The fourth-order valence-corrected chi connectivity index (χ4v) is 3.26. The van der Waals surface area contributed by atoms with Gasteiger partial charge in [0, 0.05) is 41.9 Å². The number of halogens is 1. The monoisotopic (exact) mass is 313 g/mol. The first kappa shape index (κ1) is 14.0. The lowest BCUT2D eigenvalue weighted by molar-refractivity contribution is -0.117. The van der Waals surface area contributed by atoms with Gasteiger partial charge in [0.15, 0.2) is 0 Å². The highest BCUT2D eigenvalue weighted by Gasteiger charge is 2.29. The van der Waals surface area contributed by atoms with Crippen molar-refractivity contribution < 1.29 is 13.9 Å². The molecule has 3 heterocycles. The summed E-state index contributed by atoms with van der Waals surface area (Å²) in [6.07, 6.45) is 2.64. The van der Waals surface area contributed by atoms with Crippen molar-refractivity contribution in [2.75, 3.05) is 17.2 Å². The molecule has 2 aromatic rings. The molecule has 1 fully saturated rings. The van der Waals surface area contributed by atoms with Crippen LogP contribution in [0.4, 0.5) is 15.9 Å². The van der Waals surface area contributed by atoms with Gasteiger partial charge in [-0.3, -0.25) is 4.79 Å². The quantitative estimate of drug-likeness (QED) is 0.878. The molecule has 2 N–H and O–H groups in total. The van der Waals surface area contributed by atoms with Crippen LogP contribution in [0.3, 0.4) is 0 Å². The summed E-state index contributed by atoms with van der Waals surface area (Å²) in [6.45, 7) is 2.45. The number of nitrogens with zero attached hydrogens (tertiary/aromatic N) is 2. The third-order valence-corrected chi connectivity index (χ3v) is 4.40. The third-order valence-electron chi connectivity index (χ3n) is 4.40. The highest BCUT2D eigenvalue weighted by atomic mass is 19.1. The highest BCUT2D eigenvalue weighted by Crippen LogP contribution is 2.45. The average molecular weight is 313 g/mol. The molecule has 4 rings (SSSR count). The average Bonchev–Trinajstić information content (AvgIpc) is 2.94. The number of amides is 1. The van der Waals surface area contributed by atoms with Crippen molar-refractivity contribution >= 4 is 17.4 Å². The van der Waals surface area contributed by atoms with Gasteiger partial charge in [-0.2, -0.15) is 0 Å².